The predicted molar refractivity (Wildman–Crippen MR) is 54.7 cm³/mol. The lowest BCUT2D eigenvalue weighted by molar-refractivity contribution is 0.0679. The molecule has 1 aromatic heterocycles. The highest BCUT2D eigenvalue weighted by Crippen LogP contribution is 2.12. The first-order chi connectivity index (χ1) is 7.16. The Morgan fingerprint density at radius 2 is 2.20 bits per heavy atom. The average Bonchev–Trinajstić information content (AvgIpc) is 2.75. The zero-order valence-electron chi connectivity index (χ0n) is 8.81. The summed E-state index contributed by atoms with van der Waals surface area (Å²) in [4.78, 5) is 17.2. The lowest BCUT2D eigenvalue weighted by Gasteiger charge is -2.11. The lowest BCUT2D eigenvalue weighted by Crippen LogP contribution is -2.18. The maximum Gasteiger partial charge on any atom is 0.372 e. The van der Waals surface area contributed by atoms with Crippen LogP contribution in [0.3, 0.4) is 0 Å². The van der Waals surface area contributed by atoms with Gasteiger partial charge in [-0.3, -0.25) is 4.90 Å². The molecule has 2 rings (SSSR count). The Labute approximate surface area is 88.3 Å². The highest BCUT2D eigenvalue weighted by molar-refractivity contribution is 5.83. The zero-order valence-corrected chi connectivity index (χ0v) is 8.81. The van der Waals surface area contributed by atoms with E-state index in [-0.39, 0.29) is 5.82 Å². The topological polar surface area (TPSA) is 58.4 Å². The molecule has 1 aliphatic rings. The fourth-order valence-corrected chi connectivity index (χ4v) is 1.97. The summed E-state index contributed by atoms with van der Waals surface area (Å²) >= 11 is 0. The first kappa shape index (κ1) is 10.2. The van der Waals surface area contributed by atoms with Crippen LogP contribution in [0.5, 0.6) is 0 Å². The number of rotatable bonds is 3. The number of aryl methyl sites for hydroxylation is 1. The molecular weight excluding hydrogens is 194 g/mol. The minimum Gasteiger partial charge on any atom is -0.475 e. The molecule has 1 aliphatic heterocycles. The summed E-state index contributed by atoms with van der Waals surface area (Å²) in [5, 5.41) is 8.84. The van der Waals surface area contributed by atoms with Gasteiger partial charge in [0.1, 0.15) is 0 Å². The first-order valence-corrected chi connectivity index (χ1v) is 5.14. The van der Waals surface area contributed by atoms with Crippen LogP contribution in [0.15, 0.2) is 6.20 Å². The smallest absolute Gasteiger partial charge is 0.372 e. The monoisotopic (exact) mass is 209 g/mol. The van der Waals surface area contributed by atoms with Crippen LogP contribution in [-0.2, 0) is 13.6 Å². The Kier molecular flexibility index (Phi) is 2.73. The standard InChI is InChI=1S/C10H15N3O2/c1-12-6-8(11-9(12)10(14)15)7-13-4-2-3-5-13/h6H,2-5,7H2,1H3,(H,14,15). The van der Waals surface area contributed by atoms with E-state index in [0.29, 0.717) is 0 Å². The van der Waals surface area contributed by atoms with Crippen LogP contribution in [0, 0.1) is 0 Å². The largest absolute Gasteiger partial charge is 0.475 e. The van der Waals surface area contributed by atoms with E-state index in [1.165, 1.54) is 12.8 Å². The van der Waals surface area contributed by atoms with Gasteiger partial charge in [0.05, 0.1) is 5.69 Å². The third-order valence-electron chi connectivity index (χ3n) is 2.70. The number of likely N-dealkylation sites (tertiary alicyclic amines) is 1. The maximum atomic E-state index is 10.8. The summed E-state index contributed by atoms with van der Waals surface area (Å²) in [6.07, 6.45) is 4.26. The number of nitrogens with zero attached hydrogens (tertiary/aromatic N) is 3. The fourth-order valence-electron chi connectivity index (χ4n) is 1.97. The van der Waals surface area contributed by atoms with E-state index in [1.807, 2.05) is 0 Å². The molecule has 0 spiro atoms. The Balaban J connectivity index is 2.08. The predicted octanol–water partition coefficient (Wildman–Crippen LogP) is 0.714. The number of carboxylic acids is 1. The van der Waals surface area contributed by atoms with Crippen LogP contribution in [0.1, 0.15) is 29.2 Å². The molecule has 0 aromatic carbocycles. The zero-order chi connectivity index (χ0) is 10.8. The fraction of sp³-hybridized carbons (Fsp3) is 0.600. The van der Waals surface area contributed by atoms with Crippen molar-refractivity contribution in [1.29, 1.82) is 0 Å². The van der Waals surface area contributed by atoms with E-state index >= 15 is 0 Å². The quantitative estimate of drug-likeness (QED) is 0.796. The minimum absolute atomic E-state index is 0.115. The van der Waals surface area contributed by atoms with Crippen molar-refractivity contribution in [2.45, 2.75) is 19.4 Å². The highest BCUT2D eigenvalue weighted by atomic mass is 16.4. The third-order valence-corrected chi connectivity index (χ3v) is 2.70. The molecule has 1 N–H and O–H groups in total. The number of hydrogen-bond donors (Lipinski definition) is 1. The van der Waals surface area contributed by atoms with Gasteiger partial charge in [-0.1, -0.05) is 0 Å². The van der Waals surface area contributed by atoms with Gasteiger partial charge in [-0.15, -0.1) is 0 Å². The van der Waals surface area contributed by atoms with Crippen molar-refractivity contribution < 1.29 is 9.90 Å². The van der Waals surface area contributed by atoms with E-state index in [1.54, 1.807) is 17.8 Å². The second-order valence-electron chi connectivity index (χ2n) is 3.96. The number of hydrogen-bond acceptors (Lipinski definition) is 3. The summed E-state index contributed by atoms with van der Waals surface area (Å²) in [6, 6.07) is 0. The molecule has 5 nitrogen and oxygen atoms in total. The number of imidazole rings is 1. The molecule has 15 heavy (non-hydrogen) atoms. The van der Waals surface area contributed by atoms with Crippen molar-refractivity contribution in [3.05, 3.63) is 17.7 Å². The Morgan fingerprint density at radius 3 is 2.73 bits per heavy atom. The molecule has 0 saturated carbocycles. The van der Waals surface area contributed by atoms with Gasteiger partial charge in [0.25, 0.3) is 0 Å². The molecule has 1 aromatic rings. The molecule has 5 heteroatoms. The molecular formula is C10H15N3O2. The van der Waals surface area contributed by atoms with E-state index in [4.69, 9.17) is 5.11 Å². The normalized spacial score (nSPS) is 17.1. The van der Waals surface area contributed by atoms with E-state index in [9.17, 15) is 4.79 Å². The molecule has 1 fully saturated rings. The molecule has 0 radical (unpaired) electrons. The van der Waals surface area contributed by atoms with Crippen LogP contribution in [0.4, 0.5) is 0 Å². The number of carbonyl (C=O) groups is 1. The molecule has 82 valence electrons. The molecule has 0 aliphatic carbocycles. The van der Waals surface area contributed by atoms with Crippen molar-refractivity contribution in [1.82, 2.24) is 14.5 Å². The van der Waals surface area contributed by atoms with Gasteiger partial charge >= 0.3 is 5.97 Å². The van der Waals surface area contributed by atoms with Gasteiger partial charge in [0, 0.05) is 19.8 Å². The summed E-state index contributed by atoms with van der Waals surface area (Å²) < 4.78 is 1.56. The van der Waals surface area contributed by atoms with Crippen LogP contribution in [0.25, 0.3) is 0 Å². The number of carboxylic acid groups (broad SMARTS) is 1. The molecule has 2 heterocycles. The molecule has 0 atom stereocenters. The van der Waals surface area contributed by atoms with Gasteiger partial charge in [0.2, 0.25) is 5.82 Å². The van der Waals surface area contributed by atoms with E-state index in [0.717, 1.165) is 25.3 Å². The molecule has 0 unspecified atom stereocenters. The Bertz CT molecular complexity index is 367. The highest BCUT2D eigenvalue weighted by Gasteiger charge is 2.16. The van der Waals surface area contributed by atoms with Gasteiger partial charge in [-0.25, -0.2) is 9.78 Å². The SMILES string of the molecule is Cn1cc(CN2CCCC2)nc1C(=O)O. The number of aromatic nitrogens is 2. The summed E-state index contributed by atoms with van der Waals surface area (Å²) in [5.41, 5.74) is 0.844. The van der Waals surface area contributed by atoms with Crippen molar-refractivity contribution in [2.75, 3.05) is 13.1 Å². The van der Waals surface area contributed by atoms with E-state index in [2.05, 4.69) is 9.88 Å². The second kappa shape index (κ2) is 4.02. The van der Waals surface area contributed by atoms with Crippen LogP contribution < -0.4 is 0 Å². The van der Waals surface area contributed by atoms with Gasteiger partial charge in [-0.05, 0) is 25.9 Å². The van der Waals surface area contributed by atoms with Crippen molar-refractivity contribution in [2.24, 2.45) is 7.05 Å². The molecule has 0 amide bonds. The van der Waals surface area contributed by atoms with Crippen molar-refractivity contribution >= 4 is 5.97 Å². The van der Waals surface area contributed by atoms with Crippen molar-refractivity contribution in [3.63, 3.8) is 0 Å². The van der Waals surface area contributed by atoms with E-state index < -0.39 is 5.97 Å². The maximum absolute atomic E-state index is 10.8. The van der Waals surface area contributed by atoms with Gasteiger partial charge < -0.3 is 9.67 Å². The Morgan fingerprint density at radius 1 is 1.53 bits per heavy atom. The minimum atomic E-state index is -0.967. The van der Waals surface area contributed by atoms with Crippen LogP contribution in [-0.4, -0.2) is 38.6 Å². The lowest BCUT2D eigenvalue weighted by atomic mass is 10.4. The molecule has 1 saturated heterocycles. The summed E-state index contributed by atoms with van der Waals surface area (Å²) in [7, 11) is 1.71. The number of aromatic carboxylic acids is 1. The summed E-state index contributed by atoms with van der Waals surface area (Å²) in [5.74, 6) is -0.852. The second-order valence-corrected chi connectivity index (χ2v) is 3.96. The average molecular weight is 209 g/mol. The first-order valence-electron chi connectivity index (χ1n) is 5.14. The summed E-state index contributed by atoms with van der Waals surface area (Å²) in [6.45, 7) is 2.96. The van der Waals surface area contributed by atoms with Crippen LogP contribution in [0.2, 0.25) is 0 Å². The Hall–Kier alpha value is -1.36. The van der Waals surface area contributed by atoms with Crippen LogP contribution >= 0.6 is 0 Å². The van der Waals surface area contributed by atoms with Gasteiger partial charge in [0.15, 0.2) is 0 Å². The third kappa shape index (κ3) is 2.18. The van der Waals surface area contributed by atoms with Gasteiger partial charge in [-0.2, -0.15) is 0 Å². The molecule has 0 bridgehead atoms. The van der Waals surface area contributed by atoms with Crippen molar-refractivity contribution in [3.8, 4) is 0 Å².